The summed E-state index contributed by atoms with van der Waals surface area (Å²) in [6, 6.07) is 17.5. The van der Waals surface area contributed by atoms with E-state index in [0.29, 0.717) is 10.6 Å². The Balaban J connectivity index is 2.40. The molecule has 0 aromatic heterocycles. The first-order chi connectivity index (χ1) is 8.69. The Hall–Kier alpha value is -1.31. The van der Waals surface area contributed by atoms with E-state index in [9.17, 15) is 5.26 Å². The number of hydrogen-bond donors (Lipinski definition) is 0. The predicted molar refractivity (Wildman–Crippen MR) is 84.1 cm³/mol. The Kier molecular flexibility index (Phi) is 4.40. The van der Waals surface area contributed by atoms with E-state index in [-0.39, 0.29) is 0 Å². The van der Waals surface area contributed by atoms with Gasteiger partial charge in [-0.25, -0.2) is 0 Å². The Bertz CT molecular complexity index is 624. The van der Waals surface area contributed by atoms with E-state index in [1.54, 1.807) is 12.1 Å². The third-order valence-electron chi connectivity index (χ3n) is 2.44. The molecule has 2 rings (SSSR count). The maximum absolute atomic E-state index is 9.23. The quantitative estimate of drug-likeness (QED) is 0.417. The highest BCUT2D eigenvalue weighted by Gasteiger charge is 2.01. The van der Waals surface area contributed by atoms with Gasteiger partial charge in [0.05, 0.1) is 11.6 Å². The zero-order valence-corrected chi connectivity index (χ0v) is 12.3. The molecule has 0 spiro atoms. The van der Waals surface area contributed by atoms with Crippen LogP contribution >= 0.6 is 34.2 Å². The lowest BCUT2D eigenvalue weighted by Gasteiger charge is -2.00. The van der Waals surface area contributed by atoms with Crippen molar-refractivity contribution in [3.8, 4) is 6.07 Å². The van der Waals surface area contributed by atoms with E-state index in [0.717, 1.165) is 14.7 Å². The van der Waals surface area contributed by atoms with E-state index in [4.69, 9.17) is 11.6 Å². The second kappa shape index (κ2) is 6.03. The van der Waals surface area contributed by atoms with Crippen molar-refractivity contribution < 1.29 is 0 Å². The second-order valence-corrected chi connectivity index (χ2v) is 5.41. The summed E-state index contributed by atoms with van der Waals surface area (Å²) >= 11 is 8.09. The molecular weight excluding hydrogens is 357 g/mol. The van der Waals surface area contributed by atoms with Gasteiger partial charge in [-0.3, -0.25) is 0 Å². The van der Waals surface area contributed by atoms with Crippen molar-refractivity contribution in [2.24, 2.45) is 0 Å². The molecule has 88 valence electrons. The molecule has 3 heteroatoms. The first-order valence-electron chi connectivity index (χ1n) is 5.32. The van der Waals surface area contributed by atoms with Crippen LogP contribution in [0.1, 0.15) is 11.1 Å². The lowest BCUT2D eigenvalue weighted by Crippen LogP contribution is -1.82. The largest absolute Gasteiger partial charge is 0.192 e. The summed E-state index contributed by atoms with van der Waals surface area (Å²) < 4.78 is 1.15. The van der Waals surface area contributed by atoms with Crippen molar-refractivity contribution in [2.75, 3.05) is 0 Å². The molecule has 0 aliphatic heterocycles. The lowest BCUT2D eigenvalue weighted by molar-refractivity contribution is 1.52. The molecule has 1 nitrogen and oxygen atoms in total. The molecule has 2 aromatic rings. The summed E-state index contributed by atoms with van der Waals surface area (Å²) in [4.78, 5) is 0. The average Bonchev–Trinajstić information content (AvgIpc) is 2.37. The van der Waals surface area contributed by atoms with Gasteiger partial charge in [0, 0.05) is 8.59 Å². The van der Waals surface area contributed by atoms with Crippen LogP contribution < -0.4 is 0 Å². The van der Waals surface area contributed by atoms with Gasteiger partial charge in [0.2, 0.25) is 0 Å². The van der Waals surface area contributed by atoms with Crippen LogP contribution in [-0.2, 0) is 0 Å². The minimum absolute atomic E-state index is 0.633. The van der Waals surface area contributed by atoms with E-state index in [2.05, 4.69) is 28.7 Å². The molecule has 0 N–H and O–H groups in total. The monoisotopic (exact) mass is 365 g/mol. The molecule has 18 heavy (non-hydrogen) atoms. The summed E-state index contributed by atoms with van der Waals surface area (Å²) in [5, 5.41) is 9.90. The summed E-state index contributed by atoms with van der Waals surface area (Å²) in [5.74, 6) is 0. The standard InChI is InChI=1S/C15H9ClIN/c16-14-6-4-12(5-7-14)13(10-18)8-11-2-1-3-15(17)9-11/h1-9H/b13-8-. The van der Waals surface area contributed by atoms with Crippen LogP contribution in [0.3, 0.4) is 0 Å². The minimum atomic E-state index is 0.633. The normalized spacial score (nSPS) is 11.1. The van der Waals surface area contributed by atoms with E-state index in [1.165, 1.54) is 0 Å². The van der Waals surface area contributed by atoms with E-state index < -0.39 is 0 Å². The average molecular weight is 366 g/mol. The first kappa shape index (κ1) is 13.1. The van der Waals surface area contributed by atoms with Gasteiger partial charge in [-0.2, -0.15) is 5.26 Å². The van der Waals surface area contributed by atoms with Gasteiger partial charge < -0.3 is 0 Å². The third-order valence-corrected chi connectivity index (χ3v) is 3.36. The second-order valence-electron chi connectivity index (χ2n) is 3.73. The predicted octanol–water partition coefficient (Wildman–Crippen LogP) is 5.01. The SMILES string of the molecule is N#C/C(=C/c1cccc(I)c1)c1ccc(Cl)cc1. The Labute approximate surface area is 125 Å². The zero-order valence-electron chi connectivity index (χ0n) is 9.40. The lowest BCUT2D eigenvalue weighted by atomic mass is 10.0. The summed E-state index contributed by atoms with van der Waals surface area (Å²) in [6.07, 6.45) is 1.88. The molecule has 0 radical (unpaired) electrons. The number of nitrogens with zero attached hydrogens (tertiary/aromatic N) is 1. The smallest absolute Gasteiger partial charge is 0.0998 e. The maximum atomic E-state index is 9.23. The highest BCUT2D eigenvalue weighted by molar-refractivity contribution is 14.1. The molecule has 0 aliphatic rings. The van der Waals surface area contributed by atoms with Crippen molar-refractivity contribution in [3.05, 3.63) is 68.3 Å². The molecular formula is C15H9ClIN. The van der Waals surface area contributed by atoms with E-state index in [1.807, 2.05) is 42.5 Å². The van der Waals surface area contributed by atoms with Crippen LogP contribution in [0.5, 0.6) is 0 Å². The van der Waals surface area contributed by atoms with Crippen molar-refractivity contribution in [3.63, 3.8) is 0 Å². The molecule has 0 aliphatic carbocycles. The Morgan fingerprint density at radius 1 is 1.17 bits per heavy atom. The van der Waals surface area contributed by atoms with Crippen LogP contribution in [-0.4, -0.2) is 0 Å². The van der Waals surface area contributed by atoms with E-state index >= 15 is 0 Å². The maximum Gasteiger partial charge on any atom is 0.0998 e. The fourth-order valence-electron chi connectivity index (χ4n) is 1.57. The molecule has 2 aromatic carbocycles. The minimum Gasteiger partial charge on any atom is -0.192 e. The van der Waals surface area contributed by atoms with Crippen LogP contribution in [0.25, 0.3) is 11.6 Å². The topological polar surface area (TPSA) is 23.8 Å². The van der Waals surface area contributed by atoms with Gasteiger partial charge in [0.1, 0.15) is 0 Å². The van der Waals surface area contributed by atoms with Gasteiger partial charge in [-0.15, -0.1) is 0 Å². The number of allylic oxidation sites excluding steroid dienone is 1. The van der Waals surface area contributed by atoms with Crippen molar-refractivity contribution in [1.29, 1.82) is 5.26 Å². The van der Waals surface area contributed by atoms with Crippen molar-refractivity contribution in [2.45, 2.75) is 0 Å². The van der Waals surface area contributed by atoms with Gasteiger partial charge in [0.25, 0.3) is 0 Å². The van der Waals surface area contributed by atoms with Gasteiger partial charge >= 0.3 is 0 Å². The number of benzene rings is 2. The van der Waals surface area contributed by atoms with Gasteiger partial charge in [-0.05, 0) is 64.1 Å². The van der Waals surface area contributed by atoms with Crippen LogP contribution in [0.15, 0.2) is 48.5 Å². The fourth-order valence-corrected chi connectivity index (χ4v) is 2.27. The molecule has 0 amide bonds. The fraction of sp³-hybridized carbons (Fsp3) is 0. The molecule has 0 saturated heterocycles. The first-order valence-corrected chi connectivity index (χ1v) is 6.78. The van der Waals surface area contributed by atoms with Crippen LogP contribution in [0.2, 0.25) is 5.02 Å². The Morgan fingerprint density at radius 2 is 1.89 bits per heavy atom. The Morgan fingerprint density at radius 3 is 2.50 bits per heavy atom. The third kappa shape index (κ3) is 3.34. The number of rotatable bonds is 2. The highest BCUT2D eigenvalue weighted by Crippen LogP contribution is 2.20. The summed E-state index contributed by atoms with van der Waals surface area (Å²) in [7, 11) is 0. The molecule has 0 atom stereocenters. The van der Waals surface area contributed by atoms with Gasteiger partial charge in [-0.1, -0.05) is 35.9 Å². The van der Waals surface area contributed by atoms with Crippen LogP contribution in [0.4, 0.5) is 0 Å². The van der Waals surface area contributed by atoms with Crippen molar-refractivity contribution >= 4 is 45.8 Å². The van der Waals surface area contributed by atoms with Crippen LogP contribution in [0, 0.1) is 14.9 Å². The molecule has 0 bridgehead atoms. The van der Waals surface area contributed by atoms with Gasteiger partial charge in [0.15, 0.2) is 0 Å². The summed E-state index contributed by atoms with van der Waals surface area (Å²) in [5.41, 5.74) is 2.53. The molecule has 0 heterocycles. The molecule has 0 saturated carbocycles. The molecule has 0 fully saturated rings. The highest BCUT2D eigenvalue weighted by atomic mass is 127. The molecule has 0 unspecified atom stereocenters. The number of halogens is 2. The number of nitriles is 1. The van der Waals surface area contributed by atoms with Crippen molar-refractivity contribution in [1.82, 2.24) is 0 Å². The summed E-state index contributed by atoms with van der Waals surface area (Å²) in [6.45, 7) is 0. The zero-order chi connectivity index (χ0) is 13.0. The number of hydrogen-bond acceptors (Lipinski definition) is 1.